The monoisotopic (exact) mass is 547 g/mol. The van der Waals surface area contributed by atoms with Gasteiger partial charge in [0.15, 0.2) is 11.6 Å². The Bertz CT molecular complexity index is 1050. The third-order valence-electron chi connectivity index (χ3n) is 6.37. The van der Waals surface area contributed by atoms with Crippen LogP contribution in [0.1, 0.15) is 23.7 Å². The first-order valence-electron chi connectivity index (χ1n) is 9.72. The Labute approximate surface area is 190 Å². The van der Waals surface area contributed by atoms with E-state index in [1.807, 2.05) is 22.6 Å². The molecule has 2 aliphatic rings. The van der Waals surface area contributed by atoms with Crippen molar-refractivity contribution >= 4 is 39.9 Å². The summed E-state index contributed by atoms with van der Waals surface area (Å²) in [5, 5.41) is 27.0. The van der Waals surface area contributed by atoms with Gasteiger partial charge in [0.1, 0.15) is 11.4 Å². The van der Waals surface area contributed by atoms with Crippen molar-refractivity contribution in [1.29, 1.82) is 0 Å². The summed E-state index contributed by atoms with van der Waals surface area (Å²) < 4.78 is 43.7. The lowest BCUT2D eigenvalue weighted by molar-refractivity contribution is -0.143. The highest BCUT2D eigenvalue weighted by Gasteiger charge is 2.62. The third-order valence-corrected chi connectivity index (χ3v) is 7.04. The molecule has 2 heterocycles. The minimum atomic E-state index is -1.37. The molecular weight excluding hydrogens is 526 g/mol. The zero-order valence-corrected chi connectivity index (χ0v) is 18.7. The predicted octanol–water partition coefficient (Wildman–Crippen LogP) is 2.75. The number of likely N-dealkylation sites (tertiary alicyclic amines) is 1. The van der Waals surface area contributed by atoms with Crippen LogP contribution in [0.2, 0.25) is 0 Å². The molecule has 1 amide bonds. The molecular formula is C21H21F3IN3O3. The van der Waals surface area contributed by atoms with Crippen LogP contribution in [0.5, 0.6) is 0 Å². The molecule has 31 heavy (non-hydrogen) atoms. The normalized spacial score (nSPS) is 24.7. The molecule has 4 N–H and O–H groups in total. The number of rotatable bonds is 4. The summed E-state index contributed by atoms with van der Waals surface area (Å²) in [6.07, 6.45) is -0.776. The number of carbonyl (C=O) groups is 1. The molecule has 2 fully saturated rings. The largest absolute Gasteiger partial charge is 0.391 e. The van der Waals surface area contributed by atoms with Crippen LogP contribution >= 0.6 is 22.6 Å². The van der Waals surface area contributed by atoms with Crippen molar-refractivity contribution in [3.8, 4) is 0 Å². The maximum Gasteiger partial charge on any atom is 0.256 e. The number of nitrogens with zero attached hydrogens (tertiary/aromatic N) is 1. The molecule has 0 aliphatic carbocycles. The Morgan fingerprint density at radius 1 is 1.23 bits per heavy atom. The van der Waals surface area contributed by atoms with Gasteiger partial charge in [-0.1, -0.05) is 0 Å². The molecule has 4 rings (SSSR count). The molecule has 2 unspecified atom stereocenters. The Morgan fingerprint density at radius 3 is 2.55 bits per heavy atom. The number of anilines is 2. The lowest BCUT2D eigenvalue weighted by atomic mass is 9.73. The van der Waals surface area contributed by atoms with Gasteiger partial charge in [-0.25, -0.2) is 13.2 Å². The van der Waals surface area contributed by atoms with E-state index >= 15 is 0 Å². The van der Waals surface area contributed by atoms with Gasteiger partial charge < -0.3 is 25.7 Å². The Balaban J connectivity index is 1.76. The van der Waals surface area contributed by atoms with Crippen molar-refractivity contribution in [2.45, 2.75) is 30.6 Å². The van der Waals surface area contributed by atoms with Crippen molar-refractivity contribution in [3.05, 3.63) is 56.9 Å². The highest BCUT2D eigenvalue weighted by molar-refractivity contribution is 14.1. The van der Waals surface area contributed by atoms with E-state index < -0.39 is 46.3 Å². The van der Waals surface area contributed by atoms with Gasteiger partial charge in [0.2, 0.25) is 0 Å². The van der Waals surface area contributed by atoms with Crippen LogP contribution in [0.4, 0.5) is 24.5 Å². The van der Waals surface area contributed by atoms with Crippen LogP contribution in [-0.4, -0.2) is 57.9 Å². The summed E-state index contributed by atoms with van der Waals surface area (Å²) in [5.74, 6) is -3.91. The van der Waals surface area contributed by atoms with E-state index in [9.17, 15) is 28.2 Å². The average molecular weight is 547 g/mol. The van der Waals surface area contributed by atoms with Crippen LogP contribution in [0.3, 0.4) is 0 Å². The van der Waals surface area contributed by atoms with Gasteiger partial charge in [-0.3, -0.25) is 4.79 Å². The minimum Gasteiger partial charge on any atom is -0.391 e. The van der Waals surface area contributed by atoms with Gasteiger partial charge in [0.05, 0.1) is 28.6 Å². The van der Waals surface area contributed by atoms with E-state index in [4.69, 9.17) is 0 Å². The zero-order valence-electron chi connectivity index (χ0n) is 16.6. The third kappa shape index (κ3) is 3.49. The zero-order chi connectivity index (χ0) is 22.6. The quantitative estimate of drug-likeness (QED) is 0.443. The Hall–Kier alpha value is -1.89. The first-order valence-corrected chi connectivity index (χ1v) is 10.8. The summed E-state index contributed by atoms with van der Waals surface area (Å²) in [4.78, 5) is 14.8. The maximum atomic E-state index is 14.7. The molecule has 2 saturated heterocycles. The number of hydrogen-bond donors (Lipinski definition) is 4. The fourth-order valence-electron chi connectivity index (χ4n) is 4.26. The summed E-state index contributed by atoms with van der Waals surface area (Å²) in [7, 11) is 0. The topological polar surface area (TPSA) is 84.8 Å². The molecule has 2 aliphatic heterocycles. The second-order valence-corrected chi connectivity index (χ2v) is 9.32. The maximum absolute atomic E-state index is 14.7. The number of carbonyl (C=O) groups excluding carboxylic acids is 1. The molecule has 2 atom stereocenters. The number of halogens is 4. The number of benzene rings is 2. The van der Waals surface area contributed by atoms with Crippen LogP contribution in [-0.2, 0) is 0 Å². The summed E-state index contributed by atoms with van der Waals surface area (Å²) in [5.41, 5.74) is -3.55. The van der Waals surface area contributed by atoms with Gasteiger partial charge in [0.25, 0.3) is 5.91 Å². The first kappa shape index (κ1) is 22.3. The molecule has 10 heteroatoms. The summed E-state index contributed by atoms with van der Waals surface area (Å²) >= 11 is 1.91. The van der Waals surface area contributed by atoms with Crippen molar-refractivity contribution < 1.29 is 28.2 Å². The second kappa shape index (κ2) is 7.91. The second-order valence-electron chi connectivity index (χ2n) is 8.08. The fraction of sp³-hybridized carbons (Fsp3) is 0.381. The van der Waals surface area contributed by atoms with E-state index in [1.165, 1.54) is 17.0 Å². The van der Waals surface area contributed by atoms with E-state index in [2.05, 4.69) is 10.6 Å². The van der Waals surface area contributed by atoms with Gasteiger partial charge in [-0.2, -0.15) is 0 Å². The summed E-state index contributed by atoms with van der Waals surface area (Å²) in [6, 6.07) is 6.10. The van der Waals surface area contributed by atoms with Crippen LogP contribution < -0.4 is 10.6 Å². The van der Waals surface area contributed by atoms with Crippen LogP contribution in [0.25, 0.3) is 0 Å². The highest BCUT2D eigenvalue weighted by atomic mass is 127. The van der Waals surface area contributed by atoms with E-state index in [0.717, 1.165) is 12.1 Å². The molecule has 0 saturated carbocycles. The number of nitrogens with one attached hydrogen (secondary N) is 2. The molecule has 166 valence electrons. The molecule has 2 aromatic rings. The number of hydrogen-bond acceptors (Lipinski definition) is 5. The fourth-order valence-corrected chi connectivity index (χ4v) is 4.71. The highest BCUT2D eigenvalue weighted by Crippen LogP contribution is 2.42. The molecule has 0 aromatic heterocycles. The van der Waals surface area contributed by atoms with E-state index in [1.54, 1.807) is 13.0 Å². The van der Waals surface area contributed by atoms with Crippen molar-refractivity contribution in [3.63, 3.8) is 0 Å². The lowest BCUT2D eigenvalue weighted by Crippen LogP contribution is -2.77. The van der Waals surface area contributed by atoms with Gasteiger partial charge in [-0.15, -0.1) is 0 Å². The average Bonchev–Trinajstić information content (AvgIpc) is 3.01. The number of aliphatic hydroxyl groups excluding tert-OH is 1. The van der Waals surface area contributed by atoms with Gasteiger partial charge in [-0.05, 0) is 66.3 Å². The molecule has 6 nitrogen and oxygen atoms in total. The summed E-state index contributed by atoms with van der Waals surface area (Å²) in [6.45, 7) is 2.06. The van der Waals surface area contributed by atoms with E-state index in [-0.39, 0.29) is 37.3 Å². The Kier molecular flexibility index (Phi) is 5.69. The number of β-amino-alcohol motifs (C(OH)–C–C–N with tert-alkyl or cyclic N) is 1. The SMILES string of the molecule is CC1(C2(O)CNC2)C(O)CCN1C(=O)c1ccc(F)c(F)c1Nc1ccc(I)cc1F. The lowest BCUT2D eigenvalue weighted by Gasteiger charge is -2.54. The molecule has 2 aromatic carbocycles. The van der Waals surface area contributed by atoms with E-state index in [0.29, 0.717) is 3.57 Å². The van der Waals surface area contributed by atoms with Crippen LogP contribution in [0.15, 0.2) is 30.3 Å². The molecule has 0 spiro atoms. The smallest absolute Gasteiger partial charge is 0.256 e. The van der Waals surface area contributed by atoms with Crippen molar-refractivity contribution in [2.75, 3.05) is 25.0 Å². The first-order chi connectivity index (χ1) is 14.6. The molecule has 0 bridgehead atoms. The standard InChI is InChI=1S/C21H21F3IN3O3/c1-20(21(31)9-26-10-21)16(29)6-7-28(20)19(30)12-3-4-13(22)17(24)18(12)27-15-5-2-11(25)8-14(15)23/h2-5,8,16,26-27,29,31H,6-7,9-10H2,1H3. The van der Waals surface area contributed by atoms with Crippen LogP contribution in [0, 0.1) is 21.0 Å². The van der Waals surface area contributed by atoms with Gasteiger partial charge >= 0.3 is 0 Å². The number of amides is 1. The van der Waals surface area contributed by atoms with Gasteiger partial charge in [0, 0.05) is 23.2 Å². The predicted molar refractivity (Wildman–Crippen MR) is 117 cm³/mol. The molecule has 0 radical (unpaired) electrons. The number of aliphatic hydroxyl groups is 2. The van der Waals surface area contributed by atoms with Crippen molar-refractivity contribution in [1.82, 2.24) is 10.2 Å². The minimum absolute atomic E-state index is 0.120. The van der Waals surface area contributed by atoms with Crippen molar-refractivity contribution in [2.24, 2.45) is 0 Å². The Morgan fingerprint density at radius 2 is 1.94 bits per heavy atom.